The van der Waals surface area contributed by atoms with Crippen molar-refractivity contribution in [1.29, 1.82) is 0 Å². The van der Waals surface area contributed by atoms with Gasteiger partial charge in [0.05, 0.1) is 23.3 Å². The summed E-state index contributed by atoms with van der Waals surface area (Å²) in [5.74, 6) is -0.0877. The number of nitrogens with one attached hydrogen (secondary N) is 1. The third-order valence-electron chi connectivity index (χ3n) is 3.57. The van der Waals surface area contributed by atoms with Crippen LogP contribution in [0.2, 0.25) is 0 Å². The number of amides is 1. The van der Waals surface area contributed by atoms with Gasteiger partial charge in [0.25, 0.3) is 0 Å². The van der Waals surface area contributed by atoms with Crippen LogP contribution in [0.5, 0.6) is 0 Å². The number of thiazole rings is 1. The Morgan fingerprint density at radius 3 is 2.92 bits per heavy atom. The van der Waals surface area contributed by atoms with Crippen molar-refractivity contribution in [3.8, 4) is 10.6 Å². The first kappa shape index (κ1) is 15.0. The van der Waals surface area contributed by atoms with Gasteiger partial charge in [0.2, 0.25) is 5.91 Å². The molecule has 0 fully saturated rings. The molecule has 1 N–H and O–H groups in total. The highest BCUT2D eigenvalue weighted by Gasteiger charge is 2.11. The number of nitrogens with zero attached hydrogens (tertiary/aromatic N) is 2. The Hall–Kier alpha value is -2.57. The lowest BCUT2D eigenvalue weighted by atomic mass is 10.2. The van der Waals surface area contributed by atoms with Gasteiger partial charge in [-0.15, -0.1) is 11.3 Å². The minimum atomic E-state index is -0.0877. The number of carbonyl (C=O) groups is 1. The summed E-state index contributed by atoms with van der Waals surface area (Å²) in [6.07, 6.45) is 1.98. The van der Waals surface area contributed by atoms with Gasteiger partial charge in [0.15, 0.2) is 0 Å². The molecule has 6 heteroatoms. The van der Waals surface area contributed by atoms with Crippen molar-refractivity contribution in [1.82, 2.24) is 9.97 Å². The average Bonchev–Trinajstić information content (AvgIpc) is 3.26. The molecule has 0 aliphatic carbocycles. The van der Waals surface area contributed by atoms with Crippen molar-refractivity contribution in [2.24, 2.45) is 0 Å². The second kappa shape index (κ2) is 6.51. The van der Waals surface area contributed by atoms with Gasteiger partial charge in [0.1, 0.15) is 5.01 Å². The molecule has 0 atom stereocenters. The SMILES string of the molecule is O=C(Cc1csc(-c2ccsc2)n1)Nc1cccc2cccnc12. The number of rotatable bonds is 4. The first-order valence-corrected chi connectivity index (χ1v) is 9.22. The normalized spacial score (nSPS) is 10.8. The predicted octanol–water partition coefficient (Wildman–Crippen LogP) is 4.60. The topological polar surface area (TPSA) is 54.9 Å². The maximum Gasteiger partial charge on any atom is 0.230 e. The summed E-state index contributed by atoms with van der Waals surface area (Å²) in [5.41, 5.74) is 3.42. The molecule has 0 aliphatic rings. The van der Waals surface area contributed by atoms with Crippen LogP contribution in [0, 0.1) is 0 Å². The van der Waals surface area contributed by atoms with Crippen LogP contribution in [0.25, 0.3) is 21.5 Å². The fraction of sp³-hybridized carbons (Fsp3) is 0.0556. The van der Waals surface area contributed by atoms with Crippen molar-refractivity contribution in [3.63, 3.8) is 0 Å². The van der Waals surface area contributed by atoms with Gasteiger partial charge >= 0.3 is 0 Å². The zero-order chi connectivity index (χ0) is 16.4. The number of thiophene rings is 1. The van der Waals surface area contributed by atoms with E-state index in [0.717, 1.165) is 32.9 Å². The van der Waals surface area contributed by atoms with E-state index < -0.39 is 0 Å². The van der Waals surface area contributed by atoms with E-state index in [0.29, 0.717) is 0 Å². The van der Waals surface area contributed by atoms with Crippen LogP contribution in [0.15, 0.2) is 58.7 Å². The minimum Gasteiger partial charge on any atom is -0.324 e. The van der Waals surface area contributed by atoms with Crippen LogP contribution >= 0.6 is 22.7 Å². The molecule has 0 aliphatic heterocycles. The maximum absolute atomic E-state index is 12.3. The summed E-state index contributed by atoms with van der Waals surface area (Å²) >= 11 is 3.20. The molecule has 1 amide bonds. The molecule has 1 aromatic carbocycles. The maximum atomic E-state index is 12.3. The summed E-state index contributed by atoms with van der Waals surface area (Å²) in [5, 5.41) is 10.9. The van der Waals surface area contributed by atoms with Gasteiger partial charge in [0, 0.05) is 27.9 Å². The molecule has 118 valence electrons. The van der Waals surface area contributed by atoms with E-state index in [9.17, 15) is 4.79 Å². The lowest BCUT2D eigenvalue weighted by molar-refractivity contribution is -0.115. The number of anilines is 1. The molecule has 3 aromatic heterocycles. The van der Waals surface area contributed by atoms with Crippen molar-refractivity contribution < 1.29 is 4.79 Å². The van der Waals surface area contributed by atoms with Crippen LogP contribution < -0.4 is 5.32 Å². The van der Waals surface area contributed by atoms with Gasteiger partial charge < -0.3 is 5.32 Å². The van der Waals surface area contributed by atoms with Crippen LogP contribution in [0.1, 0.15) is 5.69 Å². The van der Waals surface area contributed by atoms with E-state index in [4.69, 9.17) is 0 Å². The van der Waals surface area contributed by atoms with Crippen molar-refractivity contribution in [3.05, 3.63) is 64.4 Å². The molecular weight excluding hydrogens is 338 g/mol. The van der Waals surface area contributed by atoms with E-state index in [-0.39, 0.29) is 12.3 Å². The fourth-order valence-corrected chi connectivity index (χ4v) is 4.00. The summed E-state index contributed by atoms with van der Waals surface area (Å²) in [6, 6.07) is 11.7. The van der Waals surface area contributed by atoms with E-state index >= 15 is 0 Å². The zero-order valence-corrected chi connectivity index (χ0v) is 14.2. The van der Waals surface area contributed by atoms with Crippen molar-refractivity contribution in [2.45, 2.75) is 6.42 Å². The van der Waals surface area contributed by atoms with E-state index in [1.54, 1.807) is 28.9 Å². The molecule has 4 rings (SSSR count). The zero-order valence-electron chi connectivity index (χ0n) is 12.6. The van der Waals surface area contributed by atoms with Gasteiger partial charge in [-0.25, -0.2) is 4.98 Å². The first-order valence-electron chi connectivity index (χ1n) is 7.40. The third kappa shape index (κ3) is 3.06. The van der Waals surface area contributed by atoms with E-state index in [2.05, 4.69) is 20.7 Å². The largest absolute Gasteiger partial charge is 0.324 e. The smallest absolute Gasteiger partial charge is 0.230 e. The van der Waals surface area contributed by atoms with Crippen molar-refractivity contribution >= 4 is 45.2 Å². The third-order valence-corrected chi connectivity index (χ3v) is 5.19. The first-order chi connectivity index (χ1) is 11.8. The number of hydrogen-bond acceptors (Lipinski definition) is 5. The van der Waals surface area contributed by atoms with Crippen molar-refractivity contribution in [2.75, 3.05) is 5.32 Å². The van der Waals surface area contributed by atoms with Crippen LogP contribution in [-0.4, -0.2) is 15.9 Å². The molecule has 4 nitrogen and oxygen atoms in total. The molecule has 0 bridgehead atoms. The highest BCUT2D eigenvalue weighted by Crippen LogP contribution is 2.26. The lowest BCUT2D eigenvalue weighted by Crippen LogP contribution is -2.15. The molecule has 4 aromatic rings. The Labute approximate surface area is 146 Å². The number of benzene rings is 1. The molecule has 3 heterocycles. The Morgan fingerprint density at radius 2 is 2.04 bits per heavy atom. The van der Waals surface area contributed by atoms with Crippen LogP contribution in [0.4, 0.5) is 5.69 Å². The highest BCUT2D eigenvalue weighted by molar-refractivity contribution is 7.14. The van der Waals surface area contributed by atoms with Gasteiger partial charge in [-0.3, -0.25) is 9.78 Å². The van der Waals surface area contributed by atoms with Gasteiger partial charge in [-0.05, 0) is 23.6 Å². The summed E-state index contributed by atoms with van der Waals surface area (Å²) in [7, 11) is 0. The van der Waals surface area contributed by atoms with Gasteiger partial charge in [-0.1, -0.05) is 18.2 Å². The monoisotopic (exact) mass is 351 g/mol. The molecule has 0 saturated heterocycles. The summed E-state index contributed by atoms with van der Waals surface area (Å²) in [6.45, 7) is 0. The Balaban J connectivity index is 1.50. The number of hydrogen-bond donors (Lipinski definition) is 1. The van der Waals surface area contributed by atoms with E-state index in [1.807, 2.05) is 47.2 Å². The Morgan fingerprint density at radius 1 is 1.12 bits per heavy atom. The highest BCUT2D eigenvalue weighted by atomic mass is 32.1. The Kier molecular flexibility index (Phi) is 4.06. The molecule has 0 spiro atoms. The molecular formula is C18H13N3OS2. The predicted molar refractivity (Wildman–Crippen MR) is 99.5 cm³/mol. The number of carbonyl (C=O) groups excluding carboxylic acids is 1. The van der Waals surface area contributed by atoms with Crippen LogP contribution in [0.3, 0.4) is 0 Å². The summed E-state index contributed by atoms with van der Waals surface area (Å²) in [4.78, 5) is 21.2. The molecule has 24 heavy (non-hydrogen) atoms. The molecule has 0 radical (unpaired) electrons. The standard InChI is InChI=1S/C18H13N3OS2/c22-16(9-14-11-24-18(20-14)13-6-8-23-10-13)21-15-5-1-3-12-4-2-7-19-17(12)15/h1-8,10-11H,9H2,(H,21,22). The fourth-order valence-electron chi connectivity index (χ4n) is 2.47. The summed E-state index contributed by atoms with van der Waals surface area (Å²) < 4.78 is 0. The lowest BCUT2D eigenvalue weighted by Gasteiger charge is -2.07. The number of fused-ring (bicyclic) bond motifs is 1. The second-order valence-electron chi connectivity index (χ2n) is 5.26. The second-order valence-corrected chi connectivity index (χ2v) is 6.90. The average molecular weight is 351 g/mol. The Bertz CT molecular complexity index is 987. The minimum absolute atomic E-state index is 0.0877. The molecule has 0 saturated carbocycles. The molecule has 0 unspecified atom stereocenters. The number of aromatic nitrogens is 2. The van der Waals surface area contributed by atoms with Gasteiger partial charge in [-0.2, -0.15) is 11.3 Å². The quantitative estimate of drug-likeness (QED) is 0.584. The van der Waals surface area contributed by atoms with Crippen LogP contribution in [-0.2, 0) is 11.2 Å². The number of para-hydroxylation sites is 1. The number of pyridine rings is 1. The van der Waals surface area contributed by atoms with E-state index in [1.165, 1.54) is 0 Å².